The molecule has 1 heteroatoms. The monoisotopic (exact) mass is 398 g/mol. The van der Waals surface area contributed by atoms with Crippen molar-refractivity contribution in [2.45, 2.75) is 98.5 Å². The molecule has 0 aromatic rings. The molecule has 5 aliphatic rings. The highest BCUT2D eigenvalue weighted by molar-refractivity contribution is 5.26. The van der Waals surface area contributed by atoms with E-state index in [9.17, 15) is 0 Å². The summed E-state index contributed by atoms with van der Waals surface area (Å²) in [6, 6.07) is 0. The summed E-state index contributed by atoms with van der Waals surface area (Å²) < 4.78 is 6.28. The normalized spacial score (nSPS) is 54.2. The lowest BCUT2D eigenvalue weighted by Crippen LogP contribution is -2.57. The third kappa shape index (κ3) is 2.68. The number of rotatable bonds is 5. The third-order valence-corrected chi connectivity index (χ3v) is 11.6. The molecule has 0 aromatic heterocycles. The molecule has 0 saturated heterocycles. The number of ether oxygens (including phenoxy) is 1. The van der Waals surface area contributed by atoms with E-state index in [1.54, 1.807) is 0 Å². The lowest BCUT2D eigenvalue weighted by Gasteiger charge is -2.61. The zero-order valence-corrected chi connectivity index (χ0v) is 20.0. The fraction of sp³-hybridized carbons (Fsp3) is 0.929. The first-order valence-electron chi connectivity index (χ1n) is 13.0. The van der Waals surface area contributed by atoms with Crippen LogP contribution in [0.2, 0.25) is 0 Å². The first-order valence-corrected chi connectivity index (χ1v) is 13.0. The molecule has 0 unspecified atom stereocenters. The minimum absolute atomic E-state index is 0.547. The Labute approximate surface area is 180 Å². The van der Waals surface area contributed by atoms with E-state index in [4.69, 9.17) is 4.74 Å². The van der Waals surface area contributed by atoms with Crippen molar-refractivity contribution in [3.8, 4) is 0 Å². The van der Waals surface area contributed by atoms with E-state index in [-0.39, 0.29) is 0 Å². The molecule has 0 bridgehead atoms. The molecular formula is C28H46O. The maximum absolute atomic E-state index is 6.28. The number of hydrogen-bond acceptors (Lipinski definition) is 1. The Morgan fingerprint density at radius 3 is 2.48 bits per heavy atom. The van der Waals surface area contributed by atoms with Crippen molar-refractivity contribution in [1.29, 1.82) is 0 Å². The van der Waals surface area contributed by atoms with Crippen LogP contribution in [0, 0.1) is 57.7 Å². The third-order valence-electron chi connectivity index (χ3n) is 11.6. The fourth-order valence-corrected chi connectivity index (χ4v) is 10.2. The molecular weight excluding hydrogens is 352 g/mol. The van der Waals surface area contributed by atoms with Gasteiger partial charge in [-0.15, -0.1) is 0 Å². The van der Waals surface area contributed by atoms with Gasteiger partial charge in [0.25, 0.3) is 0 Å². The van der Waals surface area contributed by atoms with Crippen LogP contribution in [-0.4, -0.2) is 13.2 Å². The van der Waals surface area contributed by atoms with Crippen LogP contribution in [0.5, 0.6) is 0 Å². The highest BCUT2D eigenvalue weighted by Gasteiger charge is 2.77. The minimum atomic E-state index is 0.547. The molecule has 0 aromatic carbocycles. The second kappa shape index (κ2) is 6.85. The molecule has 0 heterocycles. The average Bonchev–Trinajstić information content (AvgIpc) is 3.18. The highest BCUT2D eigenvalue weighted by Crippen LogP contribution is 2.82. The van der Waals surface area contributed by atoms with Gasteiger partial charge < -0.3 is 4.74 Å². The molecule has 5 saturated carbocycles. The highest BCUT2D eigenvalue weighted by atomic mass is 16.5. The fourth-order valence-electron chi connectivity index (χ4n) is 10.2. The van der Waals surface area contributed by atoms with Gasteiger partial charge in [0, 0.05) is 12.5 Å². The molecule has 0 amide bonds. The summed E-state index contributed by atoms with van der Waals surface area (Å²) in [7, 11) is 2.02. The Morgan fingerprint density at radius 2 is 1.79 bits per heavy atom. The summed E-state index contributed by atoms with van der Waals surface area (Å²) in [5.74, 6) is 6.24. The molecule has 0 radical (unpaired) electrons. The summed E-state index contributed by atoms with van der Waals surface area (Å²) in [4.78, 5) is 0. The zero-order valence-electron chi connectivity index (χ0n) is 20.0. The van der Waals surface area contributed by atoms with E-state index in [0.717, 1.165) is 41.4 Å². The van der Waals surface area contributed by atoms with Crippen molar-refractivity contribution >= 4 is 0 Å². The maximum atomic E-state index is 6.28. The molecule has 5 aliphatic carbocycles. The summed E-state index contributed by atoms with van der Waals surface area (Å²) in [6.07, 6.45) is 18.6. The van der Waals surface area contributed by atoms with Crippen molar-refractivity contribution in [3.63, 3.8) is 0 Å². The van der Waals surface area contributed by atoms with E-state index in [2.05, 4.69) is 46.8 Å². The Kier molecular flexibility index (Phi) is 4.86. The topological polar surface area (TPSA) is 9.23 Å². The Bertz CT molecular complexity index is 665. The van der Waals surface area contributed by atoms with Crippen LogP contribution in [0.25, 0.3) is 0 Å². The molecule has 0 aliphatic heterocycles. The molecule has 10 atom stereocenters. The molecule has 5 rings (SSSR count). The molecule has 1 nitrogen and oxygen atoms in total. The predicted molar refractivity (Wildman–Crippen MR) is 122 cm³/mol. The molecule has 1 spiro atoms. The SMILES string of the molecule is CO[C@@H]1C[C@H]2[C@@H]3CC[C@H]([C@H](C)/C=C\CC(C)C)[C@@]3(C)CC[C@@H]2[C@@]2(C)CC[C@@H]3C[C@]312. The van der Waals surface area contributed by atoms with Gasteiger partial charge >= 0.3 is 0 Å². The first-order chi connectivity index (χ1) is 13.8. The van der Waals surface area contributed by atoms with Crippen LogP contribution in [0.15, 0.2) is 12.2 Å². The van der Waals surface area contributed by atoms with Gasteiger partial charge in [0.1, 0.15) is 0 Å². The van der Waals surface area contributed by atoms with E-state index in [1.807, 2.05) is 7.11 Å². The van der Waals surface area contributed by atoms with Gasteiger partial charge in [0.05, 0.1) is 6.10 Å². The van der Waals surface area contributed by atoms with Gasteiger partial charge in [-0.3, -0.25) is 0 Å². The van der Waals surface area contributed by atoms with Crippen molar-refractivity contribution < 1.29 is 4.74 Å². The summed E-state index contributed by atoms with van der Waals surface area (Å²) in [6.45, 7) is 12.6. The standard InChI is InChI=1S/C28H46O/c1-18(2)8-7-9-19(3)22-10-11-23-21-16-25(29-6)28-17-20(28)12-15-27(28,5)24(21)13-14-26(22,23)4/h7,9,18-25H,8,10-17H2,1-6H3/b9-7-/t19-,20-,21+,22-,23+,24+,25-,26-,27-,28+/m1/s1. The van der Waals surface area contributed by atoms with E-state index >= 15 is 0 Å². The maximum Gasteiger partial charge on any atom is 0.0638 e. The van der Waals surface area contributed by atoms with Crippen molar-refractivity contribution in [1.82, 2.24) is 0 Å². The lowest BCUT2D eigenvalue weighted by atomic mass is 9.45. The molecule has 29 heavy (non-hydrogen) atoms. The van der Waals surface area contributed by atoms with E-state index < -0.39 is 0 Å². The summed E-state index contributed by atoms with van der Waals surface area (Å²) in [5.41, 5.74) is 1.70. The number of fused-ring (bicyclic) bond motifs is 4. The van der Waals surface area contributed by atoms with Crippen LogP contribution in [-0.2, 0) is 4.74 Å². The number of methoxy groups -OCH3 is 1. The van der Waals surface area contributed by atoms with Crippen molar-refractivity contribution in [2.24, 2.45) is 57.7 Å². The Hall–Kier alpha value is -0.300. The van der Waals surface area contributed by atoms with Crippen LogP contribution in [0.4, 0.5) is 0 Å². The predicted octanol–water partition coefficient (Wildman–Crippen LogP) is 7.51. The molecule has 164 valence electrons. The van der Waals surface area contributed by atoms with Gasteiger partial charge in [0.15, 0.2) is 0 Å². The average molecular weight is 399 g/mol. The number of allylic oxidation sites excluding steroid dienone is 2. The second-order valence-corrected chi connectivity index (χ2v) is 12.9. The Morgan fingerprint density at radius 1 is 1.00 bits per heavy atom. The summed E-state index contributed by atoms with van der Waals surface area (Å²) in [5, 5.41) is 0. The second-order valence-electron chi connectivity index (χ2n) is 12.9. The van der Waals surface area contributed by atoms with Gasteiger partial charge in [0.2, 0.25) is 0 Å². The van der Waals surface area contributed by atoms with Crippen LogP contribution in [0.1, 0.15) is 92.4 Å². The minimum Gasteiger partial charge on any atom is -0.381 e. The van der Waals surface area contributed by atoms with Crippen molar-refractivity contribution in [3.05, 3.63) is 12.2 Å². The van der Waals surface area contributed by atoms with Crippen LogP contribution in [0.3, 0.4) is 0 Å². The Balaban J connectivity index is 1.39. The van der Waals surface area contributed by atoms with E-state index in [0.29, 0.717) is 22.3 Å². The first kappa shape index (κ1) is 20.6. The quantitative estimate of drug-likeness (QED) is 0.435. The van der Waals surface area contributed by atoms with Gasteiger partial charge in [-0.05, 0) is 110 Å². The molecule has 5 fully saturated rings. The van der Waals surface area contributed by atoms with Crippen LogP contribution < -0.4 is 0 Å². The van der Waals surface area contributed by atoms with E-state index in [1.165, 1.54) is 57.8 Å². The van der Waals surface area contributed by atoms with Gasteiger partial charge in [-0.2, -0.15) is 0 Å². The largest absolute Gasteiger partial charge is 0.381 e. The van der Waals surface area contributed by atoms with Crippen molar-refractivity contribution in [2.75, 3.05) is 7.11 Å². The number of hydrogen-bond donors (Lipinski definition) is 0. The molecule has 0 N–H and O–H groups in total. The lowest BCUT2D eigenvalue weighted by molar-refractivity contribution is -0.160. The zero-order chi connectivity index (χ0) is 20.6. The smallest absolute Gasteiger partial charge is 0.0638 e. The van der Waals surface area contributed by atoms with Gasteiger partial charge in [-0.25, -0.2) is 0 Å². The summed E-state index contributed by atoms with van der Waals surface area (Å²) >= 11 is 0. The van der Waals surface area contributed by atoms with Gasteiger partial charge in [-0.1, -0.05) is 46.8 Å². The van der Waals surface area contributed by atoms with Crippen LogP contribution >= 0.6 is 0 Å².